The van der Waals surface area contributed by atoms with Crippen molar-refractivity contribution in [3.63, 3.8) is 0 Å². The van der Waals surface area contributed by atoms with Gasteiger partial charge in [-0.1, -0.05) is 47.7 Å². The lowest BCUT2D eigenvalue weighted by molar-refractivity contribution is -0.118. The summed E-state index contributed by atoms with van der Waals surface area (Å²) in [6.45, 7) is 2.03. The van der Waals surface area contributed by atoms with Crippen molar-refractivity contribution in [2.45, 2.75) is 11.9 Å². The number of carbonyl (C=O) groups excluding carboxylic acids is 1. The highest BCUT2D eigenvalue weighted by molar-refractivity contribution is 7.99. The molecule has 0 unspecified atom stereocenters. The number of thioether (sulfide) groups is 1. The fraction of sp³-hybridized carbons (Fsp3) is 0.133. The van der Waals surface area contributed by atoms with Crippen LogP contribution in [0.2, 0.25) is 0 Å². The van der Waals surface area contributed by atoms with E-state index in [1.54, 1.807) is 12.4 Å². The Hall–Kier alpha value is -2.14. The summed E-state index contributed by atoms with van der Waals surface area (Å²) in [5.41, 5.74) is 4.64. The number of carbonyl (C=O) groups is 1. The number of hydrazone groups is 1. The number of rotatable bonds is 5. The molecule has 1 amide bonds. The van der Waals surface area contributed by atoms with Crippen LogP contribution in [-0.2, 0) is 4.79 Å². The summed E-state index contributed by atoms with van der Waals surface area (Å²) in [5.74, 6) is 0.145. The summed E-state index contributed by atoms with van der Waals surface area (Å²) < 4.78 is 0. The summed E-state index contributed by atoms with van der Waals surface area (Å²) in [7, 11) is 0. The first kappa shape index (κ1) is 14.3. The molecule has 1 N–H and O–H groups in total. The lowest BCUT2D eigenvalue weighted by Gasteiger charge is -1.99. The van der Waals surface area contributed by atoms with Crippen molar-refractivity contribution >= 4 is 23.9 Å². The van der Waals surface area contributed by atoms with Gasteiger partial charge in [0.2, 0.25) is 5.91 Å². The Morgan fingerprint density at radius 1 is 1.30 bits per heavy atom. The molecular formula is C15H15N3OS. The van der Waals surface area contributed by atoms with E-state index in [2.05, 4.69) is 15.5 Å². The van der Waals surface area contributed by atoms with Gasteiger partial charge in [-0.2, -0.15) is 5.10 Å². The van der Waals surface area contributed by atoms with E-state index < -0.39 is 0 Å². The van der Waals surface area contributed by atoms with Crippen LogP contribution in [-0.4, -0.2) is 22.9 Å². The number of hydrogen-bond acceptors (Lipinski definition) is 4. The molecule has 0 saturated carbocycles. The third-order valence-electron chi connectivity index (χ3n) is 2.47. The van der Waals surface area contributed by atoms with Crippen molar-refractivity contribution in [3.05, 3.63) is 59.8 Å². The van der Waals surface area contributed by atoms with Crippen LogP contribution in [0.3, 0.4) is 0 Å². The van der Waals surface area contributed by atoms with Crippen LogP contribution < -0.4 is 5.43 Å². The van der Waals surface area contributed by atoms with Gasteiger partial charge in [-0.3, -0.25) is 4.79 Å². The zero-order valence-corrected chi connectivity index (χ0v) is 11.9. The molecule has 1 aromatic carbocycles. The Kier molecular flexibility index (Phi) is 5.32. The molecule has 0 radical (unpaired) electrons. The van der Waals surface area contributed by atoms with Crippen molar-refractivity contribution in [1.82, 2.24) is 10.4 Å². The quantitative estimate of drug-likeness (QED) is 0.522. The molecule has 0 fully saturated rings. The maximum absolute atomic E-state index is 11.6. The maximum Gasteiger partial charge on any atom is 0.250 e. The Morgan fingerprint density at radius 2 is 2.10 bits per heavy atom. The van der Waals surface area contributed by atoms with Crippen LogP contribution in [0.4, 0.5) is 0 Å². The molecule has 1 heterocycles. The minimum Gasteiger partial charge on any atom is -0.272 e. The molecule has 0 aliphatic carbocycles. The molecule has 4 nitrogen and oxygen atoms in total. The lowest BCUT2D eigenvalue weighted by atomic mass is 10.2. The average molecular weight is 285 g/mol. The second-order valence-corrected chi connectivity index (χ2v) is 5.16. The number of aromatic nitrogens is 1. The van der Waals surface area contributed by atoms with Gasteiger partial charge in [0.1, 0.15) is 0 Å². The van der Waals surface area contributed by atoms with Crippen LogP contribution in [0.15, 0.2) is 58.8 Å². The summed E-state index contributed by atoms with van der Waals surface area (Å²) in [5, 5.41) is 4.75. The first-order valence-corrected chi connectivity index (χ1v) is 7.15. The van der Waals surface area contributed by atoms with E-state index in [0.29, 0.717) is 5.75 Å². The summed E-state index contributed by atoms with van der Waals surface area (Å²) in [6.07, 6.45) is 3.33. The van der Waals surface area contributed by atoms with E-state index in [1.165, 1.54) is 17.3 Å². The molecule has 0 aliphatic rings. The average Bonchev–Trinajstić information content (AvgIpc) is 2.48. The van der Waals surface area contributed by atoms with Gasteiger partial charge in [-0.15, -0.1) is 0 Å². The summed E-state index contributed by atoms with van der Waals surface area (Å²) in [4.78, 5) is 15.7. The second kappa shape index (κ2) is 7.45. The molecule has 102 valence electrons. The predicted octanol–water partition coefficient (Wildman–Crippen LogP) is 2.63. The van der Waals surface area contributed by atoms with E-state index in [1.807, 2.05) is 49.4 Å². The molecular weight excluding hydrogens is 270 g/mol. The van der Waals surface area contributed by atoms with Crippen molar-refractivity contribution in [2.75, 3.05) is 5.75 Å². The zero-order chi connectivity index (χ0) is 14.2. The zero-order valence-electron chi connectivity index (χ0n) is 11.1. The van der Waals surface area contributed by atoms with E-state index in [0.717, 1.165) is 10.6 Å². The molecule has 0 spiro atoms. The van der Waals surface area contributed by atoms with Crippen LogP contribution in [0, 0.1) is 6.92 Å². The number of benzene rings is 1. The van der Waals surface area contributed by atoms with Gasteiger partial charge >= 0.3 is 0 Å². The Labute approximate surface area is 122 Å². The molecule has 0 saturated heterocycles. The first-order chi connectivity index (χ1) is 9.74. The topological polar surface area (TPSA) is 54.4 Å². The number of aryl methyl sites for hydroxylation is 1. The SMILES string of the molecule is Cc1ccc(/C=N\NC(=O)CSc2ccccn2)cc1. The monoisotopic (exact) mass is 285 g/mol. The van der Waals surface area contributed by atoms with Gasteiger partial charge in [-0.05, 0) is 24.6 Å². The van der Waals surface area contributed by atoms with Gasteiger partial charge in [0, 0.05) is 6.20 Å². The van der Waals surface area contributed by atoms with Crippen molar-refractivity contribution in [1.29, 1.82) is 0 Å². The standard InChI is InChI=1S/C15H15N3OS/c1-12-5-7-13(8-6-12)10-17-18-14(19)11-20-15-4-2-3-9-16-15/h2-10H,11H2,1H3,(H,18,19)/b17-10-. The van der Waals surface area contributed by atoms with Gasteiger partial charge in [-0.25, -0.2) is 10.4 Å². The van der Waals surface area contributed by atoms with Gasteiger partial charge in [0.25, 0.3) is 0 Å². The second-order valence-electron chi connectivity index (χ2n) is 4.16. The third-order valence-corrected chi connectivity index (χ3v) is 3.41. The molecule has 0 aliphatic heterocycles. The normalized spacial score (nSPS) is 10.7. The Balaban J connectivity index is 1.76. The number of nitrogens with zero attached hydrogens (tertiary/aromatic N) is 2. The molecule has 0 bridgehead atoms. The van der Waals surface area contributed by atoms with E-state index in [4.69, 9.17) is 0 Å². The van der Waals surface area contributed by atoms with Crippen molar-refractivity contribution < 1.29 is 4.79 Å². The lowest BCUT2D eigenvalue weighted by Crippen LogP contribution is -2.19. The van der Waals surface area contributed by atoms with Gasteiger partial charge in [0.05, 0.1) is 17.0 Å². The summed E-state index contributed by atoms with van der Waals surface area (Å²) >= 11 is 1.38. The minimum atomic E-state index is -0.149. The van der Waals surface area contributed by atoms with Crippen molar-refractivity contribution in [3.8, 4) is 0 Å². The number of hydrogen-bond donors (Lipinski definition) is 1. The third kappa shape index (κ3) is 4.85. The number of pyridine rings is 1. The number of amides is 1. The smallest absolute Gasteiger partial charge is 0.250 e. The fourth-order valence-electron chi connectivity index (χ4n) is 1.44. The van der Waals surface area contributed by atoms with E-state index >= 15 is 0 Å². The molecule has 1 aromatic heterocycles. The largest absolute Gasteiger partial charge is 0.272 e. The number of nitrogens with one attached hydrogen (secondary N) is 1. The van der Waals surface area contributed by atoms with Crippen LogP contribution >= 0.6 is 11.8 Å². The Bertz CT molecular complexity index is 582. The highest BCUT2D eigenvalue weighted by Gasteiger charge is 2.01. The molecule has 2 rings (SSSR count). The van der Waals surface area contributed by atoms with E-state index in [-0.39, 0.29) is 5.91 Å². The van der Waals surface area contributed by atoms with Crippen LogP contribution in [0.1, 0.15) is 11.1 Å². The molecule has 5 heteroatoms. The minimum absolute atomic E-state index is 0.149. The van der Waals surface area contributed by atoms with E-state index in [9.17, 15) is 4.79 Å². The first-order valence-electron chi connectivity index (χ1n) is 6.16. The van der Waals surface area contributed by atoms with Gasteiger partial charge < -0.3 is 0 Å². The summed E-state index contributed by atoms with van der Waals surface area (Å²) in [6, 6.07) is 13.5. The molecule has 2 aromatic rings. The highest BCUT2D eigenvalue weighted by atomic mass is 32.2. The van der Waals surface area contributed by atoms with Crippen molar-refractivity contribution in [2.24, 2.45) is 5.10 Å². The molecule has 0 atom stereocenters. The fourth-order valence-corrected chi connectivity index (χ4v) is 2.09. The predicted molar refractivity (Wildman–Crippen MR) is 81.9 cm³/mol. The Morgan fingerprint density at radius 3 is 2.80 bits per heavy atom. The maximum atomic E-state index is 11.6. The van der Waals surface area contributed by atoms with Gasteiger partial charge in [0.15, 0.2) is 0 Å². The van der Waals surface area contributed by atoms with Crippen LogP contribution in [0.5, 0.6) is 0 Å². The highest BCUT2D eigenvalue weighted by Crippen LogP contribution is 2.12. The molecule has 20 heavy (non-hydrogen) atoms. The van der Waals surface area contributed by atoms with Crippen LogP contribution in [0.25, 0.3) is 0 Å².